The van der Waals surface area contributed by atoms with Crippen molar-refractivity contribution in [2.75, 3.05) is 59.7 Å². The van der Waals surface area contributed by atoms with Gasteiger partial charge >= 0.3 is 6.61 Å². The molecule has 8 nitrogen and oxygen atoms in total. The average molecular weight is 442 g/mol. The van der Waals surface area contributed by atoms with Crippen LogP contribution in [-0.2, 0) is 6.54 Å². The Labute approximate surface area is 182 Å². The molecular weight excluding hydrogens is 408 g/mol. The molecule has 0 aromatic heterocycles. The van der Waals surface area contributed by atoms with Gasteiger partial charge < -0.3 is 34.6 Å². The molecule has 1 saturated heterocycles. The Morgan fingerprint density at radius 3 is 2.48 bits per heavy atom. The van der Waals surface area contributed by atoms with E-state index in [9.17, 15) is 8.78 Å². The van der Waals surface area contributed by atoms with Crippen LogP contribution in [0.1, 0.15) is 25.3 Å². The lowest BCUT2D eigenvalue weighted by molar-refractivity contribution is -0.0505. The maximum atomic E-state index is 12.8. The number of guanidine groups is 1. The molecule has 10 heteroatoms. The van der Waals surface area contributed by atoms with Crippen LogP contribution in [0.15, 0.2) is 17.1 Å². The summed E-state index contributed by atoms with van der Waals surface area (Å²) >= 11 is 0. The van der Waals surface area contributed by atoms with E-state index in [0.717, 1.165) is 58.7 Å². The quantitative estimate of drug-likeness (QED) is 0.327. The standard InChI is InChI=1S/C21H33F2N5O3/c1-3-27-8-10-28(11-9-27)7-5-4-6-25-21(24-2)26-14-16-12-18-19(30-15-29-18)13-17(16)31-20(22)23/h12-13,20H,3-11,14-15H2,1-2H3,(H2,24,25,26). The smallest absolute Gasteiger partial charge is 0.387 e. The van der Waals surface area contributed by atoms with Crippen molar-refractivity contribution in [2.24, 2.45) is 4.99 Å². The number of aliphatic imine (C=N–C) groups is 1. The number of halogens is 2. The van der Waals surface area contributed by atoms with Crippen molar-refractivity contribution in [3.63, 3.8) is 0 Å². The number of benzene rings is 1. The van der Waals surface area contributed by atoms with Crippen molar-refractivity contribution in [2.45, 2.75) is 32.9 Å². The van der Waals surface area contributed by atoms with Gasteiger partial charge in [-0.2, -0.15) is 8.78 Å². The molecule has 2 aliphatic heterocycles. The predicted octanol–water partition coefficient (Wildman–Crippen LogP) is 2.10. The minimum absolute atomic E-state index is 0.0605. The van der Waals surface area contributed by atoms with Gasteiger partial charge in [-0.25, -0.2) is 0 Å². The lowest BCUT2D eigenvalue weighted by Crippen LogP contribution is -2.46. The average Bonchev–Trinajstić information content (AvgIpc) is 3.22. The summed E-state index contributed by atoms with van der Waals surface area (Å²) < 4.78 is 40.8. The lowest BCUT2D eigenvalue weighted by Gasteiger charge is -2.34. The number of ether oxygens (including phenoxy) is 3. The number of hydrogen-bond acceptors (Lipinski definition) is 6. The van der Waals surface area contributed by atoms with Crippen molar-refractivity contribution in [3.8, 4) is 17.2 Å². The maximum Gasteiger partial charge on any atom is 0.387 e. The minimum atomic E-state index is -2.92. The van der Waals surface area contributed by atoms with E-state index in [1.807, 2.05) is 0 Å². The molecule has 1 aromatic carbocycles. The van der Waals surface area contributed by atoms with Crippen LogP contribution >= 0.6 is 0 Å². The van der Waals surface area contributed by atoms with E-state index >= 15 is 0 Å². The van der Waals surface area contributed by atoms with Crippen molar-refractivity contribution >= 4 is 5.96 Å². The number of fused-ring (bicyclic) bond motifs is 1. The van der Waals surface area contributed by atoms with Crippen LogP contribution in [-0.4, -0.2) is 82.0 Å². The molecule has 0 bridgehead atoms. The van der Waals surface area contributed by atoms with Gasteiger partial charge in [0.1, 0.15) is 5.75 Å². The zero-order valence-corrected chi connectivity index (χ0v) is 18.3. The number of piperazine rings is 1. The van der Waals surface area contributed by atoms with E-state index in [2.05, 4.69) is 37.1 Å². The van der Waals surface area contributed by atoms with Gasteiger partial charge in [0.15, 0.2) is 17.5 Å². The van der Waals surface area contributed by atoms with E-state index < -0.39 is 6.61 Å². The summed E-state index contributed by atoms with van der Waals surface area (Å²) in [5, 5.41) is 6.42. The summed E-state index contributed by atoms with van der Waals surface area (Å²) in [6.07, 6.45) is 2.14. The molecule has 0 saturated carbocycles. The summed E-state index contributed by atoms with van der Waals surface area (Å²) in [5.74, 6) is 1.58. The van der Waals surface area contributed by atoms with Crippen molar-refractivity contribution in [1.82, 2.24) is 20.4 Å². The fourth-order valence-corrected chi connectivity index (χ4v) is 3.71. The summed E-state index contributed by atoms with van der Waals surface area (Å²) in [6.45, 7) is 7.25. The zero-order chi connectivity index (χ0) is 22.1. The highest BCUT2D eigenvalue weighted by Gasteiger charge is 2.20. The Kier molecular flexibility index (Phi) is 8.96. The SMILES string of the molecule is CCN1CCN(CCCCNC(=NC)NCc2cc3c(cc2OC(F)F)OCO3)CC1. The largest absolute Gasteiger partial charge is 0.454 e. The number of hydrogen-bond donors (Lipinski definition) is 2. The third-order valence-corrected chi connectivity index (χ3v) is 5.55. The number of alkyl halides is 2. The normalized spacial score (nSPS) is 17.3. The molecule has 0 radical (unpaired) electrons. The molecule has 2 heterocycles. The molecule has 0 amide bonds. The Balaban J connectivity index is 1.39. The summed E-state index contributed by atoms with van der Waals surface area (Å²) in [4.78, 5) is 9.20. The second-order valence-electron chi connectivity index (χ2n) is 7.53. The van der Waals surface area contributed by atoms with E-state index in [-0.39, 0.29) is 19.1 Å². The third kappa shape index (κ3) is 7.10. The Morgan fingerprint density at radius 2 is 1.81 bits per heavy atom. The Bertz CT molecular complexity index is 727. The third-order valence-electron chi connectivity index (χ3n) is 5.55. The van der Waals surface area contributed by atoms with E-state index in [0.29, 0.717) is 23.0 Å². The van der Waals surface area contributed by atoms with Crippen LogP contribution in [0.4, 0.5) is 8.78 Å². The molecular formula is C21H33F2N5O3. The molecule has 2 aliphatic rings. The number of rotatable bonds is 10. The number of unbranched alkanes of at least 4 members (excludes halogenated alkanes) is 1. The van der Waals surface area contributed by atoms with Crippen molar-refractivity contribution in [3.05, 3.63) is 17.7 Å². The van der Waals surface area contributed by atoms with Crippen LogP contribution < -0.4 is 24.8 Å². The topological polar surface area (TPSA) is 70.6 Å². The fraction of sp³-hybridized carbons (Fsp3) is 0.667. The second kappa shape index (κ2) is 11.9. The second-order valence-corrected chi connectivity index (χ2v) is 7.53. The fourth-order valence-electron chi connectivity index (χ4n) is 3.71. The first kappa shape index (κ1) is 23.3. The zero-order valence-electron chi connectivity index (χ0n) is 18.3. The van der Waals surface area contributed by atoms with E-state index in [4.69, 9.17) is 9.47 Å². The summed E-state index contributed by atoms with van der Waals surface area (Å²) in [5.41, 5.74) is 0.540. The molecule has 1 fully saturated rings. The summed E-state index contributed by atoms with van der Waals surface area (Å²) in [6, 6.07) is 3.08. The molecule has 0 aliphatic carbocycles. The molecule has 1 aromatic rings. The van der Waals surface area contributed by atoms with Gasteiger partial charge in [0.05, 0.1) is 0 Å². The van der Waals surface area contributed by atoms with E-state index in [1.54, 1.807) is 13.1 Å². The number of nitrogens with one attached hydrogen (secondary N) is 2. The Morgan fingerprint density at radius 1 is 1.10 bits per heavy atom. The minimum Gasteiger partial charge on any atom is -0.454 e. The van der Waals surface area contributed by atoms with E-state index in [1.165, 1.54) is 6.07 Å². The van der Waals surface area contributed by atoms with Gasteiger partial charge in [-0.1, -0.05) is 6.92 Å². The molecule has 174 valence electrons. The van der Waals surface area contributed by atoms with Gasteiger partial charge in [0.25, 0.3) is 0 Å². The number of nitrogens with zero attached hydrogens (tertiary/aromatic N) is 3. The van der Waals surface area contributed by atoms with Crippen LogP contribution in [0.2, 0.25) is 0 Å². The molecule has 2 N–H and O–H groups in total. The first-order valence-corrected chi connectivity index (χ1v) is 10.9. The van der Waals surface area contributed by atoms with Gasteiger partial charge in [0.2, 0.25) is 6.79 Å². The molecule has 3 rings (SSSR count). The van der Waals surface area contributed by atoms with Crippen LogP contribution in [0.3, 0.4) is 0 Å². The Hall–Kier alpha value is -2.33. The first-order valence-electron chi connectivity index (χ1n) is 10.9. The van der Waals surface area contributed by atoms with Crippen LogP contribution in [0.5, 0.6) is 17.2 Å². The molecule has 0 spiro atoms. The van der Waals surface area contributed by atoms with Gasteiger partial charge in [0, 0.05) is 57.9 Å². The van der Waals surface area contributed by atoms with Crippen LogP contribution in [0.25, 0.3) is 0 Å². The van der Waals surface area contributed by atoms with Gasteiger partial charge in [-0.15, -0.1) is 0 Å². The molecule has 0 unspecified atom stereocenters. The van der Waals surface area contributed by atoms with Gasteiger partial charge in [-0.05, 0) is 32.0 Å². The maximum absolute atomic E-state index is 12.8. The van der Waals surface area contributed by atoms with Crippen molar-refractivity contribution < 1.29 is 23.0 Å². The highest BCUT2D eigenvalue weighted by molar-refractivity contribution is 5.79. The highest BCUT2D eigenvalue weighted by atomic mass is 19.3. The first-order chi connectivity index (χ1) is 15.1. The number of likely N-dealkylation sites (N-methyl/N-ethyl adjacent to an activating group) is 1. The monoisotopic (exact) mass is 441 g/mol. The lowest BCUT2D eigenvalue weighted by atomic mass is 10.1. The van der Waals surface area contributed by atoms with Gasteiger partial charge in [-0.3, -0.25) is 4.99 Å². The summed E-state index contributed by atoms with van der Waals surface area (Å²) in [7, 11) is 1.68. The predicted molar refractivity (Wildman–Crippen MR) is 115 cm³/mol. The van der Waals surface area contributed by atoms with Crippen molar-refractivity contribution in [1.29, 1.82) is 0 Å². The molecule has 0 atom stereocenters. The highest BCUT2D eigenvalue weighted by Crippen LogP contribution is 2.38. The van der Waals surface area contributed by atoms with Crippen LogP contribution in [0, 0.1) is 0 Å². The molecule has 31 heavy (non-hydrogen) atoms.